The highest BCUT2D eigenvalue weighted by molar-refractivity contribution is 5.78. The Kier molecular flexibility index (Phi) is 5.38. The average molecular weight is 300 g/mol. The van der Waals surface area contributed by atoms with E-state index in [1.807, 2.05) is 28.9 Å². The molecule has 1 aromatic carbocycles. The molecule has 2 aromatic rings. The Bertz CT molecular complexity index is 680. The Morgan fingerprint density at radius 1 is 1.14 bits per heavy atom. The second-order valence-electron chi connectivity index (χ2n) is 7.28. The van der Waals surface area contributed by atoms with E-state index in [2.05, 4.69) is 32.8 Å². The normalized spacial score (nSPS) is 12.0. The number of nitrogens with zero attached hydrogens (tertiary/aromatic N) is 2. The van der Waals surface area contributed by atoms with Crippen molar-refractivity contribution >= 4 is 10.9 Å². The van der Waals surface area contributed by atoms with Gasteiger partial charge in [-0.2, -0.15) is 5.10 Å². The van der Waals surface area contributed by atoms with Crippen LogP contribution in [0.25, 0.3) is 10.9 Å². The molecule has 0 fully saturated rings. The number of aryl methyl sites for hydroxylation is 2. The van der Waals surface area contributed by atoms with E-state index in [0.717, 1.165) is 36.7 Å². The summed E-state index contributed by atoms with van der Waals surface area (Å²) in [5.74, 6) is 0. The maximum Gasteiger partial charge on any atom is 0.211 e. The molecule has 0 saturated carbocycles. The SMILES string of the molecule is CCCCCn1nc(CCC(C)(C)C)c(=O)c2ccccc21. The first-order chi connectivity index (χ1) is 10.4. The van der Waals surface area contributed by atoms with Crippen LogP contribution >= 0.6 is 0 Å². The van der Waals surface area contributed by atoms with E-state index < -0.39 is 0 Å². The Morgan fingerprint density at radius 2 is 1.86 bits per heavy atom. The second-order valence-corrected chi connectivity index (χ2v) is 7.28. The summed E-state index contributed by atoms with van der Waals surface area (Å²) in [6.45, 7) is 9.69. The van der Waals surface area contributed by atoms with Crippen LogP contribution in [-0.4, -0.2) is 9.78 Å². The molecule has 1 heterocycles. The van der Waals surface area contributed by atoms with Crippen LogP contribution in [0.15, 0.2) is 29.1 Å². The quantitative estimate of drug-likeness (QED) is 0.733. The van der Waals surface area contributed by atoms with Gasteiger partial charge in [0.25, 0.3) is 0 Å². The highest BCUT2D eigenvalue weighted by atomic mass is 16.1. The smallest absolute Gasteiger partial charge is 0.211 e. The monoisotopic (exact) mass is 300 g/mol. The molecule has 1 aromatic heterocycles. The maximum absolute atomic E-state index is 12.7. The molecule has 0 aliphatic rings. The number of para-hydroxylation sites is 1. The van der Waals surface area contributed by atoms with E-state index in [1.165, 1.54) is 12.8 Å². The van der Waals surface area contributed by atoms with Gasteiger partial charge in [-0.3, -0.25) is 9.48 Å². The summed E-state index contributed by atoms with van der Waals surface area (Å²) in [5.41, 5.74) is 1.99. The predicted octanol–water partition coefficient (Wildman–Crippen LogP) is 4.57. The van der Waals surface area contributed by atoms with Gasteiger partial charge in [0.1, 0.15) is 5.69 Å². The van der Waals surface area contributed by atoms with Gasteiger partial charge >= 0.3 is 0 Å². The first kappa shape index (κ1) is 16.7. The molecule has 2 rings (SSSR count). The van der Waals surface area contributed by atoms with Crippen molar-refractivity contribution in [2.75, 3.05) is 0 Å². The number of fused-ring (bicyclic) bond motifs is 1. The molecule has 3 nitrogen and oxygen atoms in total. The molecular formula is C19H28N2O. The molecule has 0 spiro atoms. The van der Waals surface area contributed by atoms with Crippen molar-refractivity contribution in [1.29, 1.82) is 0 Å². The molecule has 0 saturated heterocycles. The maximum atomic E-state index is 12.7. The van der Waals surface area contributed by atoms with Crippen LogP contribution in [0, 0.1) is 5.41 Å². The minimum atomic E-state index is 0.103. The largest absolute Gasteiger partial charge is 0.287 e. The van der Waals surface area contributed by atoms with Crippen LogP contribution in [0.4, 0.5) is 0 Å². The molecule has 120 valence electrons. The molecule has 0 atom stereocenters. The number of unbranched alkanes of at least 4 members (excludes halogenated alkanes) is 2. The van der Waals surface area contributed by atoms with Crippen molar-refractivity contribution in [2.45, 2.75) is 66.3 Å². The lowest BCUT2D eigenvalue weighted by molar-refractivity contribution is 0.374. The zero-order valence-corrected chi connectivity index (χ0v) is 14.4. The van der Waals surface area contributed by atoms with Gasteiger partial charge in [-0.05, 0) is 36.8 Å². The second kappa shape index (κ2) is 7.08. The van der Waals surface area contributed by atoms with Gasteiger partial charge in [-0.1, -0.05) is 52.7 Å². The third-order valence-electron chi connectivity index (χ3n) is 4.02. The van der Waals surface area contributed by atoms with Crippen molar-refractivity contribution in [3.05, 3.63) is 40.2 Å². The standard InChI is InChI=1S/C19H28N2O/c1-5-6-9-14-21-17-11-8-7-10-15(17)18(22)16(20-21)12-13-19(2,3)4/h7-8,10-11H,5-6,9,12-14H2,1-4H3. The minimum Gasteiger partial charge on any atom is -0.287 e. The topological polar surface area (TPSA) is 34.9 Å². The van der Waals surface area contributed by atoms with Gasteiger partial charge in [-0.15, -0.1) is 0 Å². The van der Waals surface area contributed by atoms with Crippen LogP contribution in [0.5, 0.6) is 0 Å². The number of aromatic nitrogens is 2. The summed E-state index contributed by atoms with van der Waals surface area (Å²) >= 11 is 0. The Balaban J connectivity index is 2.39. The lowest BCUT2D eigenvalue weighted by Crippen LogP contribution is -2.21. The van der Waals surface area contributed by atoms with Crippen molar-refractivity contribution in [3.8, 4) is 0 Å². The Labute approximate surface area is 133 Å². The van der Waals surface area contributed by atoms with Crippen LogP contribution in [0.3, 0.4) is 0 Å². The molecule has 3 heteroatoms. The van der Waals surface area contributed by atoms with Gasteiger partial charge in [-0.25, -0.2) is 0 Å². The van der Waals surface area contributed by atoms with Crippen molar-refractivity contribution in [3.63, 3.8) is 0 Å². The van der Waals surface area contributed by atoms with Crippen molar-refractivity contribution in [1.82, 2.24) is 9.78 Å². The summed E-state index contributed by atoms with van der Waals surface area (Å²) in [6.07, 6.45) is 5.22. The highest BCUT2D eigenvalue weighted by Crippen LogP contribution is 2.20. The lowest BCUT2D eigenvalue weighted by atomic mass is 9.89. The highest BCUT2D eigenvalue weighted by Gasteiger charge is 2.15. The fourth-order valence-electron chi connectivity index (χ4n) is 2.63. The fourth-order valence-corrected chi connectivity index (χ4v) is 2.63. The molecule has 0 aliphatic carbocycles. The van der Waals surface area contributed by atoms with Gasteiger partial charge in [0.05, 0.1) is 5.52 Å². The molecule has 0 aliphatic heterocycles. The zero-order chi connectivity index (χ0) is 16.2. The lowest BCUT2D eigenvalue weighted by Gasteiger charge is -2.18. The van der Waals surface area contributed by atoms with Crippen LogP contribution in [0.2, 0.25) is 0 Å². The summed E-state index contributed by atoms with van der Waals surface area (Å²) in [7, 11) is 0. The number of hydrogen-bond donors (Lipinski definition) is 0. The summed E-state index contributed by atoms with van der Waals surface area (Å²) in [6, 6.07) is 7.85. The molecular weight excluding hydrogens is 272 g/mol. The van der Waals surface area contributed by atoms with E-state index in [4.69, 9.17) is 0 Å². The van der Waals surface area contributed by atoms with Gasteiger partial charge in [0.15, 0.2) is 0 Å². The average Bonchev–Trinajstić information content (AvgIpc) is 2.48. The van der Waals surface area contributed by atoms with Crippen LogP contribution in [0.1, 0.15) is 59.1 Å². The van der Waals surface area contributed by atoms with Gasteiger partial charge in [0, 0.05) is 11.9 Å². The first-order valence-corrected chi connectivity index (χ1v) is 8.41. The van der Waals surface area contributed by atoms with E-state index in [-0.39, 0.29) is 10.8 Å². The zero-order valence-electron chi connectivity index (χ0n) is 14.4. The molecule has 0 unspecified atom stereocenters. The van der Waals surface area contributed by atoms with Gasteiger partial charge in [0.2, 0.25) is 5.43 Å². The Morgan fingerprint density at radius 3 is 2.55 bits per heavy atom. The fraction of sp³-hybridized carbons (Fsp3) is 0.579. The van der Waals surface area contributed by atoms with E-state index >= 15 is 0 Å². The third-order valence-corrected chi connectivity index (χ3v) is 4.02. The molecule has 0 N–H and O–H groups in total. The third kappa shape index (κ3) is 4.19. The summed E-state index contributed by atoms with van der Waals surface area (Å²) in [5, 5.41) is 5.48. The summed E-state index contributed by atoms with van der Waals surface area (Å²) in [4.78, 5) is 12.7. The molecule has 0 radical (unpaired) electrons. The molecule has 0 bridgehead atoms. The van der Waals surface area contributed by atoms with E-state index in [9.17, 15) is 4.79 Å². The van der Waals surface area contributed by atoms with Gasteiger partial charge < -0.3 is 0 Å². The summed E-state index contributed by atoms with van der Waals surface area (Å²) < 4.78 is 2.03. The number of rotatable bonds is 6. The van der Waals surface area contributed by atoms with E-state index in [1.54, 1.807) is 0 Å². The number of benzene rings is 1. The minimum absolute atomic E-state index is 0.103. The first-order valence-electron chi connectivity index (χ1n) is 8.41. The predicted molar refractivity (Wildman–Crippen MR) is 93.3 cm³/mol. The van der Waals surface area contributed by atoms with Crippen LogP contribution < -0.4 is 5.43 Å². The van der Waals surface area contributed by atoms with Crippen LogP contribution in [-0.2, 0) is 13.0 Å². The molecule has 22 heavy (non-hydrogen) atoms. The number of hydrogen-bond acceptors (Lipinski definition) is 2. The van der Waals surface area contributed by atoms with E-state index in [0.29, 0.717) is 5.69 Å². The Hall–Kier alpha value is -1.64. The van der Waals surface area contributed by atoms with Crippen molar-refractivity contribution < 1.29 is 0 Å². The van der Waals surface area contributed by atoms with Crippen molar-refractivity contribution in [2.24, 2.45) is 5.41 Å². The molecule has 0 amide bonds.